The highest BCUT2D eigenvalue weighted by atomic mass is 19.1. The van der Waals surface area contributed by atoms with E-state index in [0.717, 1.165) is 47.7 Å². The Morgan fingerprint density at radius 3 is 2.60 bits per heavy atom. The Hall–Kier alpha value is -3.21. The van der Waals surface area contributed by atoms with Gasteiger partial charge in [-0.05, 0) is 66.9 Å². The van der Waals surface area contributed by atoms with E-state index in [1.807, 2.05) is 47.4 Å². The first-order valence-electron chi connectivity index (χ1n) is 10.3. The number of rotatable bonds is 5. The Labute approximate surface area is 176 Å². The summed E-state index contributed by atoms with van der Waals surface area (Å²) in [5.74, 6) is 0.830. The molecule has 1 aliphatic heterocycles. The monoisotopic (exact) mass is 404 g/mol. The summed E-state index contributed by atoms with van der Waals surface area (Å²) in [7, 11) is 1.65. The van der Waals surface area contributed by atoms with Crippen LogP contribution in [0.4, 0.5) is 4.39 Å². The lowest BCUT2D eigenvalue weighted by atomic mass is 9.93. The number of methoxy groups -OCH3 is 1. The maximum Gasteiger partial charge on any atom is 0.227 e. The molecule has 0 unspecified atom stereocenters. The van der Waals surface area contributed by atoms with Crippen LogP contribution in [0.3, 0.4) is 0 Å². The normalized spacial score (nSPS) is 16.3. The number of hydrogen-bond acceptors (Lipinski definition) is 3. The van der Waals surface area contributed by atoms with Crippen LogP contribution in [0.25, 0.3) is 11.3 Å². The van der Waals surface area contributed by atoms with Crippen molar-refractivity contribution in [2.75, 3.05) is 20.2 Å². The second-order valence-corrected chi connectivity index (χ2v) is 7.66. The van der Waals surface area contributed by atoms with Crippen LogP contribution >= 0.6 is 0 Å². The second kappa shape index (κ2) is 9.08. The zero-order chi connectivity index (χ0) is 20.9. The fraction of sp³-hybridized carbons (Fsp3) is 0.280. The first-order valence-corrected chi connectivity index (χ1v) is 10.3. The number of likely N-dealkylation sites (tertiary alicyclic amines) is 1. The molecule has 4 nitrogen and oxygen atoms in total. The molecule has 1 saturated heterocycles. The summed E-state index contributed by atoms with van der Waals surface area (Å²) in [6.07, 6.45) is 2.26. The molecule has 0 saturated carbocycles. The number of piperidine rings is 1. The molecule has 4 rings (SSSR count). The summed E-state index contributed by atoms with van der Waals surface area (Å²) in [5, 5.41) is 0. The van der Waals surface area contributed by atoms with E-state index in [9.17, 15) is 9.18 Å². The minimum atomic E-state index is -0.285. The predicted molar refractivity (Wildman–Crippen MR) is 115 cm³/mol. The summed E-state index contributed by atoms with van der Waals surface area (Å²) in [6, 6.07) is 20.1. The van der Waals surface area contributed by atoms with Gasteiger partial charge in [-0.25, -0.2) is 4.39 Å². The smallest absolute Gasteiger partial charge is 0.227 e. The summed E-state index contributed by atoms with van der Waals surface area (Å²) in [4.78, 5) is 19.6. The molecule has 1 atom stereocenters. The molecule has 154 valence electrons. The molecule has 1 amide bonds. The first-order chi connectivity index (χ1) is 14.6. The molecule has 30 heavy (non-hydrogen) atoms. The van der Waals surface area contributed by atoms with Gasteiger partial charge in [0.25, 0.3) is 0 Å². The third kappa shape index (κ3) is 4.67. The van der Waals surface area contributed by atoms with E-state index in [2.05, 4.69) is 0 Å². The fourth-order valence-corrected chi connectivity index (χ4v) is 3.94. The average Bonchev–Trinajstić information content (AvgIpc) is 2.81. The van der Waals surface area contributed by atoms with Crippen molar-refractivity contribution in [1.82, 2.24) is 9.88 Å². The van der Waals surface area contributed by atoms with Crippen molar-refractivity contribution in [1.29, 1.82) is 0 Å². The van der Waals surface area contributed by atoms with Gasteiger partial charge in [0.15, 0.2) is 0 Å². The molecule has 0 N–H and O–H groups in total. The number of nitrogens with zero attached hydrogens (tertiary/aromatic N) is 2. The molecule has 1 aliphatic rings. The van der Waals surface area contributed by atoms with E-state index in [1.165, 1.54) is 12.1 Å². The van der Waals surface area contributed by atoms with E-state index < -0.39 is 0 Å². The number of ether oxygens (including phenoxy) is 1. The van der Waals surface area contributed by atoms with Crippen molar-refractivity contribution in [3.8, 4) is 17.0 Å². The molecule has 2 aromatic carbocycles. The van der Waals surface area contributed by atoms with E-state index in [-0.39, 0.29) is 17.6 Å². The molecule has 2 heterocycles. The Morgan fingerprint density at radius 2 is 1.87 bits per heavy atom. The Morgan fingerprint density at radius 1 is 1.10 bits per heavy atom. The second-order valence-electron chi connectivity index (χ2n) is 7.66. The van der Waals surface area contributed by atoms with Gasteiger partial charge in [-0.15, -0.1) is 0 Å². The van der Waals surface area contributed by atoms with Crippen LogP contribution in [0, 0.1) is 5.82 Å². The van der Waals surface area contributed by atoms with Crippen LogP contribution in [0.5, 0.6) is 5.75 Å². The highest BCUT2D eigenvalue weighted by molar-refractivity contribution is 5.79. The fourth-order valence-electron chi connectivity index (χ4n) is 3.94. The number of aromatic nitrogens is 1. The van der Waals surface area contributed by atoms with Crippen molar-refractivity contribution in [3.63, 3.8) is 0 Å². The number of amides is 1. The van der Waals surface area contributed by atoms with Gasteiger partial charge in [-0.1, -0.05) is 18.2 Å². The van der Waals surface area contributed by atoms with Gasteiger partial charge in [-0.2, -0.15) is 0 Å². The molecule has 0 spiro atoms. The predicted octanol–water partition coefficient (Wildman–Crippen LogP) is 4.85. The topological polar surface area (TPSA) is 42.4 Å². The van der Waals surface area contributed by atoms with Crippen LogP contribution < -0.4 is 4.74 Å². The lowest BCUT2D eigenvalue weighted by molar-refractivity contribution is -0.131. The Kier molecular flexibility index (Phi) is 6.07. The number of halogens is 1. The minimum Gasteiger partial charge on any atom is -0.497 e. The standard InChI is InChI=1S/C25H25FN2O2/c1-30-22-13-9-19(10-14-22)23-5-2-6-24(27-23)20-4-3-15-28(17-20)25(29)16-18-7-11-21(26)12-8-18/h2,5-14,20H,3-4,15-17H2,1H3/t20-/m0/s1. The number of pyridine rings is 1. The van der Waals surface area contributed by atoms with Gasteiger partial charge in [0.2, 0.25) is 5.91 Å². The number of carbonyl (C=O) groups excluding carboxylic acids is 1. The highest BCUT2D eigenvalue weighted by Crippen LogP contribution is 2.28. The Balaban J connectivity index is 1.46. The molecule has 0 bridgehead atoms. The zero-order valence-electron chi connectivity index (χ0n) is 17.1. The minimum absolute atomic E-state index is 0.0811. The summed E-state index contributed by atoms with van der Waals surface area (Å²) >= 11 is 0. The van der Waals surface area contributed by atoms with Crippen molar-refractivity contribution in [3.05, 3.63) is 83.8 Å². The van der Waals surface area contributed by atoms with Crippen molar-refractivity contribution >= 4 is 5.91 Å². The quantitative estimate of drug-likeness (QED) is 0.611. The van der Waals surface area contributed by atoms with E-state index in [0.29, 0.717) is 13.0 Å². The third-order valence-corrected chi connectivity index (χ3v) is 5.62. The number of hydrogen-bond donors (Lipinski definition) is 0. The molecule has 1 aromatic heterocycles. The maximum atomic E-state index is 13.1. The molecule has 5 heteroatoms. The van der Waals surface area contributed by atoms with Crippen molar-refractivity contribution in [2.45, 2.75) is 25.2 Å². The third-order valence-electron chi connectivity index (χ3n) is 5.62. The van der Waals surface area contributed by atoms with E-state index in [4.69, 9.17) is 9.72 Å². The van der Waals surface area contributed by atoms with Crippen LogP contribution in [-0.2, 0) is 11.2 Å². The zero-order valence-corrected chi connectivity index (χ0v) is 17.1. The molecule has 0 radical (unpaired) electrons. The largest absolute Gasteiger partial charge is 0.497 e. The number of carbonyl (C=O) groups is 1. The van der Waals surface area contributed by atoms with Crippen LogP contribution in [0.1, 0.15) is 30.0 Å². The van der Waals surface area contributed by atoms with Crippen LogP contribution in [-0.4, -0.2) is 36.0 Å². The molecular formula is C25H25FN2O2. The van der Waals surface area contributed by atoms with Crippen molar-refractivity contribution in [2.24, 2.45) is 0 Å². The molecular weight excluding hydrogens is 379 g/mol. The lowest BCUT2D eigenvalue weighted by Crippen LogP contribution is -2.40. The van der Waals surface area contributed by atoms with Gasteiger partial charge in [0.1, 0.15) is 11.6 Å². The van der Waals surface area contributed by atoms with Gasteiger partial charge >= 0.3 is 0 Å². The molecule has 1 fully saturated rings. The van der Waals surface area contributed by atoms with Crippen LogP contribution in [0.2, 0.25) is 0 Å². The first kappa shape index (κ1) is 20.1. The van der Waals surface area contributed by atoms with Crippen LogP contribution in [0.15, 0.2) is 66.7 Å². The van der Waals surface area contributed by atoms with Gasteiger partial charge < -0.3 is 9.64 Å². The number of benzene rings is 2. The molecule has 3 aromatic rings. The lowest BCUT2D eigenvalue weighted by Gasteiger charge is -2.32. The average molecular weight is 404 g/mol. The summed E-state index contributed by atoms with van der Waals surface area (Å²) < 4.78 is 18.3. The van der Waals surface area contributed by atoms with Gasteiger partial charge in [0, 0.05) is 30.3 Å². The van der Waals surface area contributed by atoms with Crippen molar-refractivity contribution < 1.29 is 13.9 Å². The maximum absolute atomic E-state index is 13.1. The van der Waals surface area contributed by atoms with E-state index >= 15 is 0 Å². The highest BCUT2D eigenvalue weighted by Gasteiger charge is 2.25. The summed E-state index contributed by atoms with van der Waals surface area (Å²) in [6.45, 7) is 1.42. The van der Waals surface area contributed by atoms with Gasteiger partial charge in [-0.3, -0.25) is 9.78 Å². The van der Waals surface area contributed by atoms with Gasteiger partial charge in [0.05, 0.1) is 19.2 Å². The summed E-state index contributed by atoms with van der Waals surface area (Å²) in [5.41, 5.74) is 3.81. The molecule has 0 aliphatic carbocycles. The van der Waals surface area contributed by atoms with E-state index in [1.54, 1.807) is 19.2 Å². The SMILES string of the molecule is COc1ccc(-c2cccc([C@H]3CCCN(C(=O)Cc4ccc(F)cc4)C3)n2)cc1. The Bertz CT molecular complexity index is 1000.